The van der Waals surface area contributed by atoms with E-state index in [2.05, 4.69) is 5.32 Å². The summed E-state index contributed by atoms with van der Waals surface area (Å²) in [4.78, 5) is 37.9. The summed E-state index contributed by atoms with van der Waals surface area (Å²) in [6.45, 7) is 3.12. The molecule has 0 fully saturated rings. The molecule has 0 saturated carbocycles. The molecule has 0 unspecified atom stereocenters. The lowest BCUT2D eigenvalue weighted by Gasteiger charge is -2.17. The van der Waals surface area contributed by atoms with Gasteiger partial charge in [0, 0.05) is 17.8 Å². The molecule has 0 atom stereocenters. The van der Waals surface area contributed by atoms with Crippen molar-refractivity contribution in [1.29, 1.82) is 0 Å². The van der Waals surface area contributed by atoms with E-state index in [9.17, 15) is 14.4 Å². The second-order valence-electron chi connectivity index (χ2n) is 6.54. The molecule has 8 heteroatoms. The van der Waals surface area contributed by atoms with Crippen LogP contribution in [-0.2, 0) is 14.3 Å². The number of benzene rings is 2. The Balaban J connectivity index is 1.90. The van der Waals surface area contributed by atoms with E-state index in [0.717, 1.165) is 11.1 Å². The molecule has 0 aliphatic carbocycles. The quantitative estimate of drug-likeness (QED) is 0.698. The summed E-state index contributed by atoms with van der Waals surface area (Å²) in [6.07, 6.45) is 0. The van der Waals surface area contributed by atoms with E-state index in [-0.39, 0.29) is 23.8 Å². The Kier molecular flexibility index (Phi) is 7.61. The van der Waals surface area contributed by atoms with Crippen molar-refractivity contribution in [1.82, 2.24) is 4.90 Å². The molecule has 1 N–H and O–H groups in total. The van der Waals surface area contributed by atoms with Crippen LogP contribution in [0.3, 0.4) is 0 Å². The van der Waals surface area contributed by atoms with Crippen LogP contribution in [0.15, 0.2) is 36.4 Å². The van der Waals surface area contributed by atoms with E-state index in [0.29, 0.717) is 10.7 Å². The van der Waals surface area contributed by atoms with Crippen molar-refractivity contribution in [3.63, 3.8) is 0 Å². The average molecular weight is 419 g/mol. The number of halogens is 1. The number of carbonyl (C=O) groups excluding carboxylic acids is 3. The first-order valence-electron chi connectivity index (χ1n) is 8.83. The molecule has 7 nitrogen and oxygen atoms in total. The average Bonchev–Trinajstić information content (AvgIpc) is 2.68. The summed E-state index contributed by atoms with van der Waals surface area (Å²) in [5.74, 6) is -1.33. The Morgan fingerprint density at radius 3 is 2.52 bits per heavy atom. The molecule has 2 rings (SSSR count). The summed E-state index contributed by atoms with van der Waals surface area (Å²) >= 11 is 5.89. The first-order chi connectivity index (χ1) is 13.7. The molecule has 0 bridgehead atoms. The predicted molar refractivity (Wildman–Crippen MR) is 110 cm³/mol. The van der Waals surface area contributed by atoms with Crippen LogP contribution in [0.1, 0.15) is 21.5 Å². The molecule has 2 amide bonds. The first-order valence-corrected chi connectivity index (χ1v) is 9.20. The van der Waals surface area contributed by atoms with E-state index >= 15 is 0 Å². The number of methoxy groups -OCH3 is 1. The van der Waals surface area contributed by atoms with Crippen molar-refractivity contribution < 1.29 is 23.9 Å². The predicted octanol–water partition coefficient (Wildman–Crippen LogP) is 3.22. The fourth-order valence-electron chi connectivity index (χ4n) is 2.52. The number of aryl methyl sites for hydroxylation is 2. The molecule has 0 spiro atoms. The van der Waals surface area contributed by atoms with Crippen LogP contribution in [0.25, 0.3) is 0 Å². The van der Waals surface area contributed by atoms with E-state index in [4.69, 9.17) is 21.1 Å². The van der Waals surface area contributed by atoms with Gasteiger partial charge in [0.05, 0.1) is 13.7 Å². The number of likely N-dealkylation sites (N-methyl/N-ethyl adjacent to an activating group) is 1. The van der Waals surface area contributed by atoms with Crippen LogP contribution in [0.2, 0.25) is 5.02 Å². The summed E-state index contributed by atoms with van der Waals surface area (Å²) in [5.41, 5.74) is 2.74. The number of anilines is 1. The molecule has 0 radical (unpaired) electrons. The van der Waals surface area contributed by atoms with Crippen LogP contribution in [0.4, 0.5) is 5.69 Å². The zero-order chi connectivity index (χ0) is 21.6. The van der Waals surface area contributed by atoms with Gasteiger partial charge in [0.25, 0.3) is 5.91 Å². The number of esters is 1. The van der Waals surface area contributed by atoms with Crippen LogP contribution in [-0.4, -0.2) is 50.0 Å². The van der Waals surface area contributed by atoms with Crippen LogP contribution in [0, 0.1) is 13.8 Å². The Morgan fingerprint density at radius 1 is 1.10 bits per heavy atom. The first kappa shape index (κ1) is 22.2. The molecule has 2 aromatic rings. The third kappa shape index (κ3) is 6.22. The number of hydrogen-bond donors (Lipinski definition) is 1. The molecule has 2 aromatic carbocycles. The van der Waals surface area contributed by atoms with Crippen molar-refractivity contribution in [3.05, 3.63) is 58.1 Å². The lowest BCUT2D eigenvalue weighted by molar-refractivity contribution is -0.136. The zero-order valence-corrected chi connectivity index (χ0v) is 17.5. The van der Waals surface area contributed by atoms with Gasteiger partial charge in [-0.05, 0) is 49.2 Å². The van der Waals surface area contributed by atoms with Crippen molar-refractivity contribution in [3.8, 4) is 5.75 Å². The van der Waals surface area contributed by atoms with Gasteiger partial charge in [-0.25, -0.2) is 4.79 Å². The lowest BCUT2D eigenvalue weighted by Crippen LogP contribution is -2.37. The van der Waals surface area contributed by atoms with Crippen molar-refractivity contribution in [2.24, 2.45) is 0 Å². The summed E-state index contributed by atoms with van der Waals surface area (Å²) in [6, 6.07) is 10.2. The SMILES string of the molecule is COc1ccc(Cl)cc1C(=O)OCC(=O)N(C)CC(=O)Nc1cc(C)ccc1C. The van der Waals surface area contributed by atoms with Gasteiger partial charge in [0.15, 0.2) is 6.61 Å². The summed E-state index contributed by atoms with van der Waals surface area (Å²) in [5, 5.41) is 3.11. The Bertz CT molecular complexity index is 929. The fraction of sp³-hybridized carbons (Fsp3) is 0.286. The number of carbonyl (C=O) groups is 3. The van der Waals surface area contributed by atoms with E-state index in [1.165, 1.54) is 31.2 Å². The number of nitrogens with one attached hydrogen (secondary N) is 1. The third-order valence-electron chi connectivity index (χ3n) is 4.18. The van der Waals surface area contributed by atoms with E-state index < -0.39 is 18.5 Å². The van der Waals surface area contributed by atoms with Gasteiger partial charge in [-0.2, -0.15) is 0 Å². The minimum atomic E-state index is -0.745. The smallest absolute Gasteiger partial charge is 0.342 e. The molecule has 0 aliphatic rings. The minimum absolute atomic E-state index is 0.114. The number of nitrogens with zero attached hydrogens (tertiary/aromatic N) is 1. The molecule has 154 valence electrons. The van der Waals surface area contributed by atoms with Crippen molar-refractivity contribution >= 4 is 35.1 Å². The van der Waals surface area contributed by atoms with Crippen LogP contribution < -0.4 is 10.1 Å². The van der Waals surface area contributed by atoms with Gasteiger partial charge in [0.2, 0.25) is 5.91 Å². The topological polar surface area (TPSA) is 84.9 Å². The number of rotatable bonds is 7. The molecule has 29 heavy (non-hydrogen) atoms. The number of amides is 2. The fourth-order valence-corrected chi connectivity index (χ4v) is 2.69. The largest absolute Gasteiger partial charge is 0.496 e. The molecule has 0 aliphatic heterocycles. The third-order valence-corrected chi connectivity index (χ3v) is 4.42. The highest BCUT2D eigenvalue weighted by Gasteiger charge is 2.19. The van der Waals surface area contributed by atoms with Crippen LogP contribution in [0.5, 0.6) is 5.75 Å². The van der Waals surface area contributed by atoms with Crippen molar-refractivity contribution in [2.45, 2.75) is 13.8 Å². The Labute approximate surface area is 174 Å². The number of ether oxygens (including phenoxy) is 2. The molecule has 0 saturated heterocycles. The second-order valence-corrected chi connectivity index (χ2v) is 6.97. The van der Waals surface area contributed by atoms with Crippen LogP contribution >= 0.6 is 11.6 Å². The van der Waals surface area contributed by atoms with Gasteiger partial charge in [-0.3, -0.25) is 9.59 Å². The monoisotopic (exact) mass is 418 g/mol. The van der Waals surface area contributed by atoms with E-state index in [1.807, 2.05) is 32.0 Å². The zero-order valence-electron chi connectivity index (χ0n) is 16.7. The van der Waals surface area contributed by atoms with Crippen molar-refractivity contribution in [2.75, 3.05) is 32.6 Å². The van der Waals surface area contributed by atoms with Gasteiger partial charge in [-0.15, -0.1) is 0 Å². The minimum Gasteiger partial charge on any atom is -0.496 e. The Morgan fingerprint density at radius 2 is 1.83 bits per heavy atom. The molecular formula is C21H23ClN2O5. The summed E-state index contributed by atoms with van der Waals surface area (Å²) < 4.78 is 10.1. The highest BCUT2D eigenvalue weighted by Crippen LogP contribution is 2.23. The maximum absolute atomic E-state index is 12.2. The molecule has 0 aromatic heterocycles. The summed E-state index contributed by atoms with van der Waals surface area (Å²) in [7, 11) is 2.87. The van der Waals surface area contributed by atoms with Gasteiger partial charge >= 0.3 is 5.97 Å². The van der Waals surface area contributed by atoms with Gasteiger partial charge in [-0.1, -0.05) is 23.7 Å². The lowest BCUT2D eigenvalue weighted by atomic mass is 10.1. The highest BCUT2D eigenvalue weighted by molar-refractivity contribution is 6.31. The second kappa shape index (κ2) is 9.93. The maximum atomic E-state index is 12.2. The molecular weight excluding hydrogens is 396 g/mol. The van der Waals surface area contributed by atoms with E-state index in [1.54, 1.807) is 6.07 Å². The molecule has 0 heterocycles. The standard InChI is InChI=1S/C21H23ClN2O5/c1-13-5-6-14(2)17(9-13)23-19(25)11-24(3)20(26)12-29-21(27)16-10-15(22)7-8-18(16)28-4/h5-10H,11-12H2,1-4H3,(H,23,25). The highest BCUT2D eigenvalue weighted by atomic mass is 35.5. The Hall–Kier alpha value is -3.06. The normalized spacial score (nSPS) is 10.2. The van der Waals surface area contributed by atoms with Gasteiger partial charge < -0.3 is 19.7 Å². The van der Waals surface area contributed by atoms with Gasteiger partial charge in [0.1, 0.15) is 11.3 Å². The maximum Gasteiger partial charge on any atom is 0.342 e. The number of hydrogen-bond acceptors (Lipinski definition) is 5.